The van der Waals surface area contributed by atoms with E-state index >= 15 is 0 Å². The van der Waals surface area contributed by atoms with Gasteiger partial charge in [0.1, 0.15) is 5.82 Å². The van der Waals surface area contributed by atoms with Crippen LogP contribution in [0.15, 0.2) is 36.5 Å². The highest BCUT2D eigenvalue weighted by Gasteiger charge is 2.14. The Morgan fingerprint density at radius 2 is 2.00 bits per heavy atom. The van der Waals surface area contributed by atoms with Crippen LogP contribution in [0, 0.1) is 0 Å². The van der Waals surface area contributed by atoms with E-state index in [0.29, 0.717) is 12.1 Å². The van der Waals surface area contributed by atoms with Gasteiger partial charge in [0.05, 0.1) is 13.2 Å². The van der Waals surface area contributed by atoms with E-state index in [1.54, 1.807) is 0 Å². The highest BCUT2D eigenvalue weighted by Crippen LogP contribution is 2.17. The van der Waals surface area contributed by atoms with Gasteiger partial charge in [0.25, 0.3) is 5.91 Å². The standard InChI is InChI=1S/C19H22N4O2/c24-19(15-2-3-16-12-20-13-17(16)9-15)22-11-14-1-4-18(21-10-14)23-5-7-25-8-6-23/h1-4,9-10,20H,5-8,11-13H2,(H,22,24). The van der Waals surface area contributed by atoms with Crippen molar-refractivity contribution in [3.8, 4) is 0 Å². The molecule has 0 bridgehead atoms. The highest BCUT2D eigenvalue weighted by molar-refractivity contribution is 5.94. The number of benzene rings is 1. The Balaban J connectivity index is 1.35. The summed E-state index contributed by atoms with van der Waals surface area (Å²) in [6.45, 7) is 5.43. The normalized spacial score (nSPS) is 16.6. The zero-order valence-electron chi connectivity index (χ0n) is 14.1. The van der Waals surface area contributed by atoms with E-state index in [0.717, 1.165) is 50.8 Å². The number of nitrogens with zero attached hydrogens (tertiary/aromatic N) is 2. The van der Waals surface area contributed by atoms with E-state index in [4.69, 9.17) is 4.74 Å². The monoisotopic (exact) mass is 338 g/mol. The molecular formula is C19H22N4O2. The molecule has 1 saturated heterocycles. The van der Waals surface area contributed by atoms with E-state index in [1.165, 1.54) is 11.1 Å². The van der Waals surface area contributed by atoms with E-state index in [2.05, 4.69) is 20.5 Å². The topological polar surface area (TPSA) is 66.5 Å². The first kappa shape index (κ1) is 16.1. The first-order chi connectivity index (χ1) is 12.3. The van der Waals surface area contributed by atoms with Gasteiger partial charge in [-0.15, -0.1) is 0 Å². The summed E-state index contributed by atoms with van der Waals surface area (Å²) in [5.41, 5.74) is 4.19. The largest absolute Gasteiger partial charge is 0.378 e. The molecule has 0 atom stereocenters. The van der Waals surface area contributed by atoms with Crippen molar-refractivity contribution in [1.29, 1.82) is 0 Å². The van der Waals surface area contributed by atoms with Crippen molar-refractivity contribution >= 4 is 11.7 Å². The van der Waals surface area contributed by atoms with Crippen LogP contribution < -0.4 is 15.5 Å². The molecule has 2 aliphatic rings. The maximum absolute atomic E-state index is 12.4. The third-order valence-corrected chi connectivity index (χ3v) is 4.70. The van der Waals surface area contributed by atoms with Crippen LogP contribution in [0.3, 0.4) is 0 Å². The van der Waals surface area contributed by atoms with Crippen molar-refractivity contribution in [3.63, 3.8) is 0 Å². The number of carbonyl (C=O) groups is 1. The summed E-state index contributed by atoms with van der Waals surface area (Å²) in [5, 5.41) is 6.26. The fourth-order valence-electron chi connectivity index (χ4n) is 3.22. The number of fused-ring (bicyclic) bond motifs is 1. The minimum Gasteiger partial charge on any atom is -0.378 e. The molecule has 2 aliphatic heterocycles. The Morgan fingerprint density at radius 1 is 1.16 bits per heavy atom. The van der Waals surface area contributed by atoms with Crippen molar-refractivity contribution in [2.24, 2.45) is 0 Å². The summed E-state index contributed by atoms with van der Waals surface area (Å²) in [5.74, 6) is 0.913. The van der Waals surface area contributed by atoms with Crippen LogP contribution in [0.25, 0.3) is 0 Å². The maximum atomic E-state index is 12.4. The van der Waals surface area contributed by atoms with Gasteiger partial charge < -0.3 is 20.3 Å². The Kier molecular flexibility index (Phi) is 4.63. The van der Waals surface area contributed by atoms with Gasteiger partial charge in [0.15, 0.2) is 0 Å². The van der Waals surface area contributed by atoms with E-state index in [9.17, 15) is 4.79 Å². The third-order valence-electron chi connectivity index (χ3n) is 4.70. The summed E-state index contributed by atoms with van der Waals surface area (Å²) in [4.78, 5) is 19.1. The van der Waals surface area contributed by atoms with Gasteiger partial charge in [0, 0.05) is 44.5 Å². The van der Waals surface area contributed by atoms with Crippen LogP contribution >= 0.6 is 0 Å². The number of amides is 1. The quantitative estimate of drug-likeness (QED) is 0.883. The number of pyridine rings is 1. The van der Waals surface area contributed by atoms with Crippen LogP contribution in [0.4, 0.5) is 5.82 Å². The number of rotatable bonds is 4. The molecule has 0 radical (unpaired) electrons. The molecule has 0 spiro atoms. The van der Waals surface area contributed by atoms with Crippen molar-refractivity contribution in [3.05, 3.63) is 58.8 Å². The fourth-order valence-corrected chi connectivity index (χ4v) is 3.22. The Labute approximate surface area is 147 Å². The van der Waals surface area contributed by atoms with E-state index in [-0.39, 0.29) is 5.91 Å². The van der Waals surface area contributed by atoms with Crippen molar-refractivity contribution in [2.75, 3.05) is 31.2 Å². The molecule has 6 heteroatoms. The van der Waals surface area contributed by atoms with Gasteiger partial charge in [-0.05, 0) is 34.9 Å². The van der Waals surface area contributed by atoms with Gasteiger partial charge in [0.2, 0.25) is 0 Å². The minimum absolute atomic E-state index is 0.0491. The molecule has 2 aromatic rings. The number of anilines is 1. The van der Waals surface area contributed by atoms with Crippen molar-refractivity contribution in [2.45, 2.75) is 19.6 Å². The second-order valence-electron chi connectivity index (χ2n) is 6.39. The van der Waals surface area contributed by atoms with Gasteiger partial charge in [-0.25, -0.2) is 4.98 Å². The number of ether oxygens (including phenoxy) is 1. The van der Waals surface area contributed by atoms with Crippen LogP contribution in [-0.2, 0) is 24.4 Å². The third kappa shape index (κ3) is 3.65. The molecule has 0 aliphatic carbocycles. The average Bonchev–Trinajstić information content (AvgIpc) is 3.15. The van der Waals surface area contributed by atoms with Crippen molar-refractivity contribution < 1.29 is 9.53 Å². The van der Waals surface area contributed by atoms with Gasteiger partial charge in [-0.3, -0.25) is 4.79 Å². The zero-order valence-corrected chi connectivity index (χ0v) is 14.1. The molecule has 0 unspecified atom stereocenters. The van der Waals surface area contributed by atoms with Crippen LogP contribution in [0.1, 0.15) is 27.0 Å². The SMILES string of the molecule is O=C(NCc1ccc(N2CCOCC2)nc1)c1ccc2c(c1)CNC2. The second kappa shape index (κ2) is 7.21. The first-order valence-corrected chi connectivity index (χ1v) is 8.68. The van der Waals surface area contributed by atoms with E-state index < -0.39 is 0 Å². The lowest BCUT2D eigenvalue weighted by molar-refractivity contribution is 0.0950. The number of hydrogen-bond donors (Lipinski definition) is 2. The van der Waals surface area contributed by atoms with Crippen LogP contribution in [0.2, 0.25) is 0 Å². The Hall–Kier alpha value is -2.44. The lowest BCUT2D eigenvalue weighted by Crippen LogP contribution is -2.36. The smallest absolute Gasteiger partial charge is 0.251 e. The molecule has 6 nitrogen and oxygen atoms in total. The molecule has 2 N–H and O–H groups in total. The number of hydrogen-bond acceptors (Lipinski definition) is 5. The van der Waals surface area contributed by atoms with Crippen molar-refractivity contribution in [1.82, 2.24) is 15.6 Å². The van der Waals surface area contributed by atoms with Gasteiger partial charge >= 0.3 is 0 Å². The molecule has 1 fully saturated rings. The lowest BCUT2D eigenvalue weighted by Gasteiger charge is -2.27. The molecular weight excluding hydrogens is 316 g/mol. The van der Waals surface area contributed by atoms with E-state index in [1.807, 2.05) is 36.5 Å². The Bertz CT molecular complexity index is 755. The number of morpholine rings is 1. The lowest BCUT2D eigenvalue weighted by atomic mass is 10.1. The molecule has 1 aromatic carbocycles. The predicted molar refractivity (Wildman–Crippen MR) is 95.4 cm³/mol. The molecule has 25 heavy (non-hydrogen) atoms. The van der Waals surface area contributed by atoms with Crippen LogP contribution in [0.5, 0.6) is 0 Å². The summed E-state index contributed by atoms with van der Waals surface area (Å²) < 4.78 is 5.36. The molecule has 1 aromatic heterocycles. The predicted octanol–water partition coefficient (Wildman–Crippen LogP) is 1.45. The molecule has 0 saturated carbocycles. The fraction of sp³-hybridized carbons (Fsp3) is 0.368. The molecule has 130 valence electrons. The molecule has 3 heterocycles. The second-order valence-corrected chi connectivity index (χ2v) is 6.39. The highest BCUT2D eigenvalue weighted by atomic mass is 16.5. The summed E-state index contributed by atoms with van der Waals surface area (Å²) >= 11 is 0. The zero-order chi connectivity index (χ0) is 17.1. The molecule has 1 amide bonds. The number of carbonyl (C=O) groups excluding carboxylic acids is 1. The first-order valence-electron chi connectivity index (χ1n) is 8.68. The number of nitrogens with one attached hydrogen (secondary N) is 2. The number of aromatic nitrogens is 1. The van der Waals surface area contributed by atoms with Crippen LogP contribution in [-0.4, -0.2) is 37.2 Å². The maximum Gasteiger partial charge on any atom is 0.251 e. The minimum atomic E-state index is -0.0491. The summed E-state index contributed by atoms with van der Waals surface area (Å²) in [6, 6.07) is 9.92. The van der Waals surface area contributed by atoms with Gasteiger partial charge in [-0.2, -0.15) is 0 Å². The summed E-state index contributed by atoms with van der Waals surface area (Å²) in [7, 11) is 0. The summed E-state index contributed by atoms with van der Waals surface area (Å²) in [6.07, 6.45) is 1.83. The molecule has 4 rings (SSSR count). The Morgan fingerprint density at radius 3 is 2.80 bits per heavy atom. The average molecular weight is 338 g/mol. The van der Waals surface area contributed by atoms with Gasteiger partial charge in [-0.1, -0.05) is 12.1 Å².